The molecule has 2 N–H and O–H groups in total. The molecule has 6 heteroatoms. The predicted octanol–water partition coefficient (Wildman–Crippen LogP) is 1.34. The first-order valence-corrected chi connectivity index (χ1v) is 8.45. The minimum atomic E-state index is -0.652. The van der Waals surface area contributed by atoms with E-state index in [1.807, 2.05) is 12.1 Å². The summed E-state index contributed by atoms with van der Waals surface area (Å²) in [5, 5.41) is 12.4. The number of hydrogen-bond acceptors (Lipinski definition) is 5. The van der Waals surface area contributed by atoms with Crippen molar-refractivity contribution in [3.05, 3.63) is 23.9 Å². The first-order chi connectivity index (χ1) is 11.2. The predicted molar refractivity (Wildman–Crippen MR) is 87.6 cm³/mol. The fourth-order valence-corrected chi connectivity index (χ4v) is 3.19. The van der Waals surface area contributed by atoms with Gasteiger partial charge < -0.3 is 20.1 Å². The SMILES string of the molecule is O=C(N[C@@]1(CO)CCOC1)c1ccc(N2CCCCCC2)nc1. The number of hydrogen-bond donors (Lipinski definition) is 2. The van der Waals surface area contributed by atoms with E-state index in [0.29, 0.717) is 25.2 Å². The van der Waals surface area contributed by atoms with E-state index in [1.54, 1.807) is 6.20 Å². The highest BCUT2D eigenvalue weighted by Crippen LogP contribution is 2.20. The molecule has 1 aromatic heterocycles. The maximum atomic E-state index is 12.4. The number of amides is 1. The average molecular weight is 319 g/mol. The third-order valence-electron chi connectivity index (χ3n) is 4.72. The Labute approximate surface area is 136 Å². The molecule has 0 saturated carbocycles. The van der Waals surface area contributed by atoms with Gasteiger partial charge in [0.15, 0.2) is 0 Å². The van der Waals surface area contributed by atoms with Crippen molar-refractivity contribution < 1.29 is 14.6 Å². The van der Waals surface area contributed by atoms with Crippen LogP contribution in [0.3, 0.4) is 0 Å². The second-order valence-corrected chi connectivity index (χ2v) is 6.50. The smallest absolute Gasteiger partial charge is 0.253 e. The van der Waals surface area contributed by atoms with E-state index >= 15 is 0 Å². The summed E-state index contributed by atoms with van der Waals surface area (Å²) in [6, 6.07) is 3.72. The molecule has 0 aromatic carbocycles. The zero-order valence-electron chi connectivity index (χ0n) is 13.5. The second kappa shape index (κ2) is 7.27. The van der Waals surface area contributed by atoms with E-state index in [1.165, 1.54) is 25.7 Å². The van der Waals surface area contributed by atoms with Gasteiger partial charge in [0.2, 0.25) is 0 Å². The van der Waals surface area contributed by atoms with Gasteiger partial charge in [-0.2, -0.15) is 0 Å². The van der Waals surface area contributed by atoms with E-state index in [9.17, 15) is 9.90 Å². The van der Waals surface area contributed by atoms with E-state index in [-0.39, 0.29) is 12.5 Å². The van der Waals surface area contributed by atoms with Crippen LogP contribution in [-0.4, -0.2) is 54.4 Å². The Bertz CT molecular complexity index is 518. The Morgan fingerprint density at radius 2 is 2.09 bits per heavy atom. The summed E-state index contributed by atoms with van der Waals surface area (Å²) >= 11 is 0. The fourth-order valence-electron chi connectivity index (χ4n) is 3.19. The molecular formula is C17H25N3O3. The van der Waals surface area contributed by atoms with Crippen LogP contribution in [0.4, 0.5) is 5.82 Å². The quantitative estimate of drug-likeness (QED) is 0.876. The van der Waals surface area contributed by atoms with Crippen molar-refractivity contribution in [3.63, 3.8) is 0 Å². The number of nitrogens with one attached hydrogen (secondary N) is 1. The zero-order valence-corrected chi connectivity index (χ0v) is 13.5. The van der Waals surface area contributed by atoms with Gasteiger partial charge >= 0.3 is 0 Å². The van der Waals surface area contributed by atoms with Crippen LogP contribution >= 0.6 is 0 Å². The van der Waals surface area contributed by atoms with Crippen LogP contribution in [0.15, 0.2) is 18.3 Å². The third kappa shape index (κ3) is 3.82. The first kappa shape index (κ1) is 16.2. The van der Waals surface area contributed by atoms with Gasteiger partial charge in [-0.3, -0.25) is 4.79 Å². The summed E-state index contributed by atoms with van der Waals surface area (Å²) in [5.74, 6) is 0.726. The van der Waals surface area contributed by atoms with Crippen molar-refractivity contribution >= 4 is 11.7 Å². The van der Waals surface area contributed by atoms with E-state index in [4.69, 9.17) is 4.74 Å². The molecule has 6 nitrogen and oxygen atoms in total. The molecule has 1 atom stereocenters. The maximum absolute atomic E-state index is 12.4. The minimum Gasteiger partial charge on any atom is -0.394 e. The molecule has 2 aliphatic heterocycles. The molecular weight excluding hydrogens is 294 g/mol. The Hall–Kier alpha value is -1.66. The van der Waals surface area contributed by atoms with E-state index in [2.05, 4.69) is 15.2 Å². The molecule has 2 aliphatic rings. The summed E-state index contributed by atoms with van der Waals surface area (Å²) in [6.45, 7) is 2.87. The highest BCUT2D eigenvalue weighted by molar-refractivity contribution is 5.94. The van der Waals surface area contributed by atoms with Crippen molar-refractivity contribution in [2.45, 2.75) is 37.6 Å². The van der Waals surface area contributed by atoms with Gasteiger partial charge in [-0.25, -0.2) is 4.98 Å². The van der Waals surface area contributed by atoms with Crippen molar-refractivity contribution in [1.82, 2.24) is 10.3 Å². The van der Waals surface area contributed by atoms with Gasteiger partial charge in [-0.05, 0) is 31.4 Å². The van der Waals surface area contributed by atoms with Crippen LogP contribution in [-0.2, 0) is 4.74 Å². The van der Waals surface area contributed by atoms with Crippen LogP contribution in [0.5, 0.6) is 0 Å². The van der Waals surface area contributed by atoms with Crippen molar-refractivity contribution in [2.75, 3.05) is 37.8 Å². The largest absolute Gasteiger partial charge is 0.394 e. The molecule has 1 aromatic rings. The number of anilines is 1. The normalized spacial score (nSPS) is 25.2. The molecule has 2 saturated heterocycles. The van der Waals surface area contributed by atoms with Crippen LogP contribution in [0.25, 0.3) is 0 Å². The summed E-state index contributed by atoms with van der Waals surface area (Å²) in [7, 11) is 0. The number of aliphatic hydroxyl groups is 1. The summed E-state index contributed by atoms with van der Waals surface area (Å²) in [6.07, 6.45) is 7.21. The summed E-state index contributed by atoms with van der Waals surface area (Å²) in [4.78, 5) is 19.1. The van der Waals surface area contributed by atoms with Gasteiger partial charge in [-0.1, -0.05) is 12.8 Å². The second-order valence-electron chi connectivity index (χ2n) is 6.50. The Morgan fingerprint density at radius 3 is 2.65 bits per heavy atom. The molecule has 1 amide bonds. The lowest BCUT2D eigenvalue weighted by Gasteiger charge is -2.26. The highest BCUT2D eigenvalue weighted by atomic mass is 16.5. The fraction of sp³-hybridized carbons (Fsp3) is 0.647. The molecule has 3 heterocycles. The molecule has 0 aliphatic carbocycles. The number of aliphatic hydroxyl groups excluding tert-OH is 1. The third-order valence-corrected chi connectivity index (χ3v) is 4.72. The minimum absolute atomic E-state index is 0.113. The van der Waals surface area contributed by atoms with Gasteiger partial charge in [-0.15, -0.1) is 0 Å². The molecule has 23 heavy (non-hydrogen) atoms. The lowest BCUT2D eigenvalue weighted by atomic mass is 9.99. The van der Waals surface area contributed by atoms with E-state index < -0.39 is 5.54 Å². The van der Waals surface area contributed by atoms with Crippen LogP contribution < -0.4 is 10.2 Å². The zero-order chi connectivity index (χ0) is 16.1. The number of ether oxygens (including phenoxy) is 1. The van der Waals surface area contributed by atoms with Crippen molar-refractivity contribution in [1.29, 1.82) is 0 Å². The molecule has 0 radical (unpaired) electrons. The summed E-state index contributed by atoms with van der Waals surface area (Å²) in [5.41, 5.74) is -0.135. The monoisotopic (exact) mass is 319 g/mol. The maximum Gasteiger partial charge on any atom is 0.253 e. The number of carbonyl (C=O) groups is 1. The molecule has 0 unspecified atom stereocenters. The van der Waals surface area contributed by atoms with E-state index in [0.717, 1.165) is 18.9 Å². The van der Waals surface area contributed by atoms with Gasteiger partial charge in [0.05, 0.1) is 24.3 Å². The molecule has 3 rings (SSSR count). The van der Waals surface area contributed by atoms with Crippen LogP contribution in [0.1, 0.15) is 42.5 Å². The molecule has 0 bridgehead atoms. The number of aromatic nitrogens is 1. The topological polar surface area (TPSA) is 74.7 Å². The molecule has 0 spiro atoms. The average Bonchev–Trinajstić information content (AvgIpc) is 2.88. The number of carbonyl (C=O) groups excluding carboxylic acids is 1. The highest BCUT2D eigenvalue weighted by Gasteiger charge is 2.36. The number of nitrogens with zero attached hydrogens (tertiary/aromatic N) is 2. The Morgan fingerprint density at radius 1 is 1.30 bits per heavy atom. The summed E-state index contributed by atoms with van der Waals surface area (Å²) < 4.78 is 5.30. The molecule has 126 valence electrons. The first-order valence-electron chi connectivity index (χ1n) is 8.45. The van der Waals surface area contributed by atoms with Crippen LogP contribution in [0, 0.1) is 0 Å². The van der Waals surface area contributed by atoms with Crippen molar-refractivity contribution in [3.8, 4) is 0 Å². The van der Waals surface area contributed by atoms with Gasteiger partial charge in [0.1, 0.15) is 5.82 Å². The standard InChI is InChI=1S/C17H25N3O3/c21-12-17(7-10-23-13-17)19-16(22)14-5-6-15(18-11-14)20-8-3-1-2-4-9-20/h5-6,11,21H,1-4,7-10,12-13H2,(H,19,22)/t17-/m1/s1. The van der Waals surface area contributed by atoms with Gasteiger partial charge in [0.25, 0.3) is 5.91 Å². The van der Waals surface area contributed by atoms with Crippen LogP contribution in [0.2, 0.25) is 0 Å². The Balaban J connectivity index is 1.65. The lowest BCUT2D eigenvalue weighted by Crippen LogP contribution is -2.52. The number of rotatable bonds is 4. The lowest BCUT2D eigenvalue weighted by molar-refractivity contribution is 0.0789. The number of pyridine rings is 1. The molecule has 2 fully saturated rings. The Kier molecular flexibility index (Phi) is 5.13. The van der Waals surface area contributed by atoms with Crippen molar-refractivity contribution in [2.24, 2.45) is 0 Å². The van der Waals surface area contributed by atoms with Gasteiger partial charge in [0, 0.05) is 25.9 Å².